The first kappa shape index (κ1) is 25.3. The van der Waals surface area contributed by atoms with E-state index in [1.165, 1.54) is 11.8 Å². The SMILES string of the molecule is C=CC(=O)Nc1cccc(-c2cccc3cnc(Nc4ccc(N5CCN(CC(C)O)CC5)cc4)nc23)n1. The van der Waals surface area contributed by atoms with Crippen molar-refractivity contribution in [2.45, 2.75) is 13.0 Å². The van der Waals surface area contributed by atoms with Gasteiger partial charge in [-0.15, -0.1) is 0 Å². The summed E-state index contributed by atoms with van der Waals surface area (Å²) in [7, 11) is 0. The summed E-state index contributed by atoms with van der Waals surface area (Å²) in [5.41, 5.74) is 4.36. The summed E-state index contributed by atoms with van der Waals surface area (Å²) >= 11 is 0. The molecule has 194 valence electrons. The van der Waals surface area contributed by atoms with Crippen molar-refractivity contribution in [3.05, 3.63) is 79.5 Å². The van der Waals surface area contributed by atoms with Crippen LogP contribution >= 0.6 is 0 Å². The number of benzene rings is 2. The molecule has 9 nitrogen and oxygen atoms in total. The average Bonchev–Trinajstić information content (AvgIpc) is 2.93. The van der Waals surface area contributed by atoms with Gasteiger partial charge in [0, 0.05) is 61.2 Å². The van der Waals surface area contributed by atoms with Crippen molar-refractivity contribution in [3.8, 4) is 11.3 Å². The number of nitrogens with zero attached hydrogens (tertiary/aromatic N) is 5. The molecule has 2 aromatic carbocycles. The fraction of sp³-hybridized carbons (Fsp3) is 0.241. The molecular formula is C29H31N7O2. The van der Waals surface area contributed by atoms with Crippen molar-refractivity contribution >= 4 is 40.0 Å². The molecule has 5 rings (SSSR count). The van der Waals surface area contributed by atoms with Crippen molar-refractivity contribution in [1.82, 2.24) is 19.9 Å². The van der Waals surface area contributed by atoms with Crippen LogP contribution in [0.1, 0.15) is 6.92 Å². The molecule has 1 unspecified atom stereocenters. The molecule has 0 bridgehead atoms. The van der Waals surface area contributed by atoms with Gasteiger partial charge >= 0.3 is 0 Å². The zero-order valence-corrected chi connectivity index (χ0v) is 21.3. The van der Waals surface area contributed by atoms with Gasteiger partial charge in [-0.3, -0.25) is 9.69 Å². The number of nitrogens with one attached hydrogen (secondary N) is 2. The van der Waals surface area contributed by atoms with E-state index in [0.717, 1.165) is 54.9 Å². The van der Waals surface area contributed by atoms with Crippen LogP contribution in [-0.2, 0) is 4.79 Å². The molecule has 1 amide bonds. The Bertz CT molecular complexity index is 1430. The minimum atomic E-state index is -0.314. The number of piperazine rings is 1. The van der Waals surface area contributed by atoms with Gasteiger partial charge in [-0.25, -0.2) is 15.0 Å². The number of carbonyl (C=O) groups is 1. The highest BCUT2D eigenvalue weighted by molar-refractivity contribution is 5.98. The molecule has 1 atom stereocenters. The second kappa shape index (κ2) is 11.4. The summed E-state index contributed by atoms with van der Waals surface area (Å²) in [6, 6.07) is 19.6. The quantitative estimate of drug-likeness (QED) is 0.305. The third-order valence-corrected chi connectivity index (χ3v) is 6.46. The number of anilines is 4. The summed E-state index contributed by atoms with van der Waals surface area (Å²) < 4.78 is 0. The van der Waals surface area contributed by atoms with Crippen LogP contribution in [0, 0.1) is 0 Å². The second-order valence-electron chi connectivity index (χ2n) is 9.35. The number of amides is 1. The largest absolute Gasteiger partial charge is 0.392 e. The molecule has 1 aliphatic rings. The van der Waals surface area contributed by atoms with Gasteiger partial charge in [-0.2, -0.15) is 0 Å². The molecule has 0 radical (unpaired) electrons. The number of β-amino-alcohol motifs (C(OH)–C–C–N with tert-alkyl or cyclic N) is 1. The lowest BCUT2D eigenvalue weighted by molar-refractivity contribution is -0.111. The van der Waals surface area contributed by atoms with Gasteiger partial charge in [-0.1, -0.05) is 30.8 Å². The lowest BCUT2D eigenvalue weighted by Crippen LogP contribution is -2.48. The van der Waals surface area contributed by atoms with Crippen LogP contribution in [0.3, 0.4) is 0 Å². The number of para-hydroxylation sites is 1. The highest BCUT2D eigenvalue weighted by Gasteiger charge is 2.18. The second-order valence-corrected chi connectivity index (χ2v) is 9.35. The summed E-state index contributed by atoms with van der Waals surface area (Å²) in [5.74, 6) is 0.618. The van der Waals surface area contributed by atoms with E-state index in [1.807, 2.05) is 49.4 Å². The molecule has 0 spiro atoms. The van der Waals surface area contributed by atoms with E-state index in [0.29, 0.717) is 17.5 Å². The summed E-state index contributed by atoms with van der Waals surface area (Å²) in [6.07, 6.45) is 2.70. The number of aliphatic hydroxyl groups is 1. The van der Waals surface area contributed by atoms with Gasteiger partial charge in [0.2, 0.25) is 11.9 Å². The molecule has 0 aliphatic carbocycles. The third kappa shape index (κ3) is 5.96. The van der Waals surface area contributed by atoms with E-state index in [1.54, 1.807) is 12.3 Å². The zero-order chi connectivity index (χ0) is 26.5. The van der Waals surface area contributed by atoms with E-state index in [-0.39, 0.29) is 12.0 Å². The summed E-state index contributed by atoms with van der Waals surface area (Å²) in [6.45, 7) is 9.79. The van der Waals surface area contributed by atoms with Gasteiger partial charge in [-0.05, 0) is 49.4 Å². The highest BCUT2D eigenvalue weighted by Crippen LogP contribution is 2.28. The minimum Gasteiger partial charge on any atom is -0.392 e. The van der Waals surface area contributed by atoms with E-state index in [9.17, 15) is 9.90 Å². The number of hydrogen-bond donors (Lipinski definition) is 3. The van der Waals surface area contributed by atoms with Crippen molar-refractivity contribution in [1.29, 1.82) is 0 Å². The maximum absolute atomic E-state index is 11.7. The molecule has 38 heavy (non-hydrogen) atoms. The minimum absolute atomic E-state index is 0.299. The monoisotopic (exact) mass is 509 g/mol. The molecule has 9 heteroatoms. The van der Waals surface area contributed by atoms with E-state index < -0.39 is 0 Å². The smallest absolute Gasteiger partial charge is 0.248 e. The fourth-order valence-corrected chi connectivity index (χ4v) is 4.60. The predicted octanol–water partition coefficient (Wildman–Crippen LogP) is 4.06. The number of carbonyl (C=O) groups excluding carboxylic acids is 1. The fourth-order valence-electron chi connectivity index (χ4n) is 4.60. The Morgan fingerprint density at radius 2 is 1.82 bits per heavy atom. The van der Waals surface area contributed by atoms with E-state index in [2.05, 4.69) is 49.1 Å². The number of fused-ring (bicyclic) bond motifs is 1. The van der Waals surface area contributed by atoms with E-state index >= 15 is 0 Å². The Kier molecular flexibility index (Phi) is 7.57. The first-order chi connectivity index (χ1) is 18.5. The number of rotatable bonds is 8. The van der Waals surface area contributed by atoms with Crippen molar-refractivity contribution in [2.75, 3.05) is 48.3 Å². The van der Waals surface area contributed by atoms with Gasteiger partial charge in [0.1, 0.15) is 5.82 Å². The number of pyridine rings is 1. The topological polar surface area (TPSA) is 107 Å². The van der Waals surface area contributed by atoms with Crippen molar-refractivity contribution in [3.63, 3.8) is 0 Å². The maximum Gasteiger partial charge on any atom is 0.248 e. The molecule has 4 aromatic rings. The molecule has 1 saturated heterocycles. The van der Waals surface area contributed by atoms with Crippen LogP contribution in [-0.4, -0.2) is 69.7 Å². The number of hydrogen-bond acceptors (Lipinski definition) is 8. The van der Waals surface area contributed by atoms with Gasteiger partial charge in [0.05, 0.1) is 17.3 Å². The first-order valence-corrected chi connectivity index (χ1v) is 12.7. The molecule has 0 saturated carbocycles. The maximum atomic E-state index is 11.7. The summed E-state index contributed by atoms with van der Waals surface area (Å²) in [5, 5.41) is 16.5. The van der Waals surface area contributed by atoms with Gasteiger partial charge < -0.3 is 20.6 Å². The molecule has 2 aromatic heterocycles. The van der Waals surface area contributed by atoms with Crippen LogP contribution < -0.4 is 15.5 Å². The highest BCUT2D eigenvalue weighted by atomic mass is 16.3. The first-order valence-electron chi connectivity index (χ1n) is 12.7. The molecular weight excluding hydrogens is 478 g/mol. The Hall–Kier alpha value is -4.34. The standard InChI is InChI=1S/C29H31N7O2/c1-3-27(38)33-26-9-5-8-25(32-26)24-7-4-6-21-18-30-29(34-28(21)24)31-22-10-12-23(13-11-22)36-16-14-35(15-17-36)19-20(2)37/h3-13,18,20,37H,1,14-17,19H2,2H3,(H,30,31,34)(H,32,33,38). The molecule has 1 aliphatic heterocycles. The lowest BCUT2D eigenvalue weighted by atomic mass is 10.1. The third-order valence-electron chi connectivity index (χ3n) is 6.46. The van der Waals surface area contributed by atoms with Crippen LogP contribution in [0.25, 0.3) is 22.2 Å². The van der Waals surface area contributed by atoms with Gasteiger partial charge in [0.25, 0.3) is 0 Å². The molecule has 3 N–H and O–H groups in total. The Morgan fingerprint density at radius 1 is 1.05 bits per heavy atom. The van der Waals surface area contributed by atoms with Crippen LogP contribution in [0.2, 0.25) is 0 Å². The van der Waals surface area contributed by atoms with Crippen molar-refractivity contribution in [2.24, 2.45) is 0 Å². The van der Waals surface area contributed by atoms with E-state index in [4.69, 9.17) is 4.98 Å². The molecule has 1 fully saturated rings. The van der Waals surface area contributed by atoms with Crippen molar-refractivity contribution < 1.29 is 9.90 Å². The van der Waals surface area contributed by atoms with Gasteiger partial charge in [0.15, 0.2) is 0 Å². The predicted molar refractivity (Wildman–Crippen MR) is 152 cm³/mol. The van der Waals surface area contributed by atoms with Crippen LogP contribution in [0.15, 0.2) is 79.5 Å². The molecule has 3 heterocycles. The average molecular weight is 510 g/mol. The van der Waals surface area contributed by atoms with Crippen LogP contribution in [0.5, 0.6) is 0 Å². The summed E-state index contributed by atoms with van der Waals surface area (Å²) in [4.78, 5) is 30.2. The Balaban J connectivity index is 1.32. The Labute approximate surface area is 221 Å². The zero-order valence-electron chi connectivity index (χ0n) is 21.3. The Morgan fingerprint density at radius 3 is 2.55 bits per heavy atom. The lowest BCUT2D eigenvalue weighted by Gasteiger charge is -2.36. The number of aliphatic hydroxyl groups excluding tert-OH is 1. The number of aromatic nitrogens is 3. The van der Waals surface area contributed by atoms with Crippen LogP contribution in [0.4, 0.5) is 23.1 Å². The normalized spacial score (nSPS) is 14.7.